The zero-order valence-corrected chi connectivity index (χ0v) is 13.6. The number of oxazole rings is 1. The number of hydrogen-bond donors (Lipinski definition) is 2. The first kappa shape index (κ1) is 14.8. The summed E-state index contributed by atoms with van der Waals surface area (Å²) in [6.45, 7) is 1.97. The number of thiazole rings is 1. The first-order valence-electron chi connectivity index (χ1n) is 7.54. The second kappa shape index (κ2) is 5.72. The average molecular weight is 342 g/mol. The monoisotopic (exact) mass is 342 g/mol. The normalized spacial score (nSPS) is 13.9. The van der Waals surface area contributed by atoms with Crippen LogP contribution in [0, 0.1) is 12.8 Å². The van der Waals surface area contributed by atoms with E-state index in [1.165, 1.54) is 17.6 Å². The van der Waals surface area contributed by atoms with Crippen LogP contribution in [0.1, 0.15) is 28.9 Å². The number of anilines is 2. The van der Waals surface area contributed by atoms with Crippen LogP contribution in [0.4, 0.5) is 11.1 Å². The van der Waals surface area contributed by atoms with E-state index in [4.69, 9.17) is 4.42 Å². The zero-order chi connectivity index (χ0) is 16.7. The maximum absolute atomic E-state index is 12.2. The zero-order valence-electron chi connectivity index (χ0n) is 12.8. The summed E-state index contributed by atoms with van der Waals surface area (Å²) in [5, 5.41) is 5.77. The molecule has 7 nitrogen and oxygen atoms in total. The molecule has 0 unspecified atom stereocenters. The van der Waals surface area contributed by atoms with Gasteiger partial charge in [0.15, 0.2) is 10.8 Å². The van der Waals surface area contributed by atoms with E-state index in [1.807, 2.05) is 25.1 Å². The second-order valence-corrected chi connectivity index (χ2v) is 6.73. The Morgan fingerprint density at radius 2 is 2.08 bits per heavy atom. The molecule has 4 rings (SSSR count). The predicted octanol–water partition coefficient (Wildman–Crippen LogP) is 3.19. The Labute approximate surface area is 141 Å². The van der Waals surface area contributed by atoms with Gasteiger partial charge < -0.3 is 4.42 Å². The van der Waals surface area contributed by atoms with E-state index in [2.05, 4.69) is 20.6 Å². The fourth-order valence-electron chi connectivity index (χ4n) is 2.29. The van der Waals surface area contributed by atoms with Gasteiger partial charge >= 0.3 is 6.01 Å². The van der Waals surface area contributed by atoms with E-state index < -0.39 is 5.91 Å². The maximum atomic E-state index is 12.2. The SMILES string of the molecule is Cc1cccc2sc(NC(=O)c3coc(NC(=O)C4CC4)n3)nc12. The molecule has 1 aliphatic carbocycles. The lowest BCUT2D eigenvalue weighted by molar-refractivity contribution is -0.117. The van der Waals surface area contributed by atoms with Crippen molar-refractivity contribution in [3.8, 4) is 0 Å². The van der Waals surface area contributed by atoms with E-state index in [0.717, 1.165) is 28.6 Å². The minimum absolute atomic E-state index is 0.0391. The molecular formula is C16H14N4O3S. The number of fused-ring (bicyclic) bond motifs is 1. The fraction of sp³-hybridized carbons (Fsp3) is 0.250. The van der Waals surface area contributed by atoms with Crippen molar-refractivity contribution >= 4 is 44.5 Å². The standard InChI is InChI=1S/C16H14N4O3S/c1-8-3-2-4-11-12(8)18-16(24-11)20-14(22)10-7-23-15(17-10)19-13(21)9-5-6-9/h2-4,7,9H,5-6H2,1H3,(H,17,19,21)(H,18,20,22). The van der Waals surface area contributed by atoms with Crippen molar-refractivity contribution < 1.29 is 14.0 Å². The van der Waals surface area contributed by atoms with Crippen LogP contribution in [0.15, 0.2) is 28.9 Å². The number of aromatic nitrogens is 2. The van der Waals surface area contributed by atoms with Gasteiger partial charge in [-0.15, -0.1) is 0 Å². The summed E-state index contributed by atoms with van der Waals surface area (Å²) in [6.07, 6.45) is 2.99. The van der Waals surface area contributed by atoms with Crippen LogP contribution < -0.4 is 10.6 Å². The quantitative estimate of drug-likeness (QED) is 0.759. The summed E-state index contributed by atoms with van der Waals surface area (Å²) in [5.41, 5.74) is 2.02. The molecule has 1 aromatic carbocycles. The molecule has 122 valence electrons. The molecule has 8 heteroatoms. The van der Waals surface area contributed by atoms with Crippen molar-refractivity contribution in [2.75, 3.05) is 10.6 Å². The number of benzene rings is 1. The lowest BCUT2D eigenvalue weighted by Crippen LogP contribution is -2.15. The lowest BCUT2D eigenvalue weighted by atomic mass is 10.2. The van der Waals surface area contributed by atoms with Gasteiger partial charge in [0, 0.05) is 5.92 Å². The summed E-state index contributed by atoms with van der Waals surface area (Å²) in [5.74, 6) is -0.506. The van der Waals surface area contributed by atoms with Gasteiger partial charge in [0.1, 0.15) is 6.26 Å². The molecule has 2 heterocycles. The van der Waals surface area contributed by atoms with Crippen molar-refractivity contribution in [1.29, 1.82) is 0 Å². The van der Waals surface area contributed by atoms with Crippen LogP contribution in [0.25, 0.3) is 10.2 Å². The van der Waals surface area contributed by atoms with Crippen LogP contribution in [-0.4, -0.2) is 21.8 Å². The summed E-state index contributed by atoms with van der Waals surface area (Å²) in [4.78, 5) is 32.3. The van der Waals surface area contributed by atoms with E-state index in [1.54, 1.807) is 0 Å². The highest BCUT2D eigenvalue weighted by Gasteiger charge is 2.30. The Morgan fingerprint density at radius 3 is 2.83 bits per heavy atom. The Morgan fingerprint density at radius 1 is 1.25 bits per heavy atom. The summed E-state index contributed by atoms with van der Waals surface area (Å²) in [7, 11) is 0. The molecule has 0 spiro atoms. The lowest BCUT2D eigenvalue weighted by Gasteiger charge is -1.97. The number of nitrogens with one attached hydrogen (secondary N) is 2. The summed E-state index contributed by atoms with van der Waals surface area (Å²) >= 11 is 1.39. The number of carbonyl (C=O) groups is 2. The molecule has 0 aliphatic heterocycles. The molecule has 0 bridgehead atoms. The largest absolute Gasteiger partial charge is 0.431 e. The Hall–Kier alpha value is -2.74. The number of aryl methyl sites for hydroxylation is 1. The van der Waals surface area contributed by atoms with Gasteiger partial charge in [0.25, 0.3) is 5.91 Å². The predicted molar refractivity (Wildman–Crippen MR) is 90.2 cm³/mol. The van der Waals surface area contributed by atoms with Crippen molar-refractivity contribution in [2.24, 2.45) is 5.92 Å². The molecule has 1 aliphatic rings. The number of rotatable bonds is 4. The van der Waals surface area contributed by atoms with Gasteiger partial charge in [-0.05, 0) is 31.4 Å². The molecule has 24 heavy (non-hydrogen) atoms. The second-order valence-electron chi connectivity index (χ2n) is 5.70. The number of para-hydroxylation sites is 1. The third-order valence-corrected chi connectivity index (χ3v) is 4.69. The molecule has 2 aromatic heterocycles. The molecule has 1 saturated carbocycles. The van der Waals surface area contributed by atoms with Gasteiger partial charge in [-0.3, -0.25) is 20.2 Å². The maximum Gasteiger partial charge on any atom is 0.302 e. The van der Waals surface area contributed by atoms with Crippen molar-refractivity contribution in [1.82, 2.24) is 9.97 Å². The first-order chi connectivity index (χ1) is 11.6. The van der Waals surface area contributed by atoms with E-state index >= 15 is 0 Å². The van der Waals surface area contributed by atoms with Gasteiger partial charge in [0.05, 0.1) is 10.2 Å². The van der Waals surface area contributed by atoms with Gasteiger partial charge in [-0.1, -0.05) is 23.5 Å². The van der Waals surface area contributed by atoms with Crippen LogP contribution >= 0.6 is 11.3 Å². The molecule has 1 fully saturated rings. The first-order valence-corrected chi connectivity index (χ1v) is 8.36. The fourth-order valence-corrected chi connectivity index (χ4v) is 3.23. The molecule has 3 aromatic rings. The Balaban J connectivity index is 1.48. The van der Waals surface area contributed by atoms with Crippen LogP contribution in [0.3, 0.4) is 0 Å². The highest BCUT2D eigenvalue weighted by molar-refractivity contribution is 7.22. The average Bonchev–Trinajstić information content (AvgIpc) is 3.16. The number of hydrogen-bond acceptors (Lipinski definition) is 6. The summed E-state index contributed by atoms with van der Waals surface area (Å²) in [6, 6.07) is 5.92. The smallest absolute Gasteiger partial charge is 0.302 e. The summed E-state index contributed by atoms with van der Waals surface area (Å²) < 4.78 is 6.13. The van der Waals surface area contributed by atoms with Crippen LogP contribution in [0.2, 0.25) is 0 Å². The van der Waals surface area contributed by atoms with Gasteiger partial charge in [-0.2, -0.15) is 4.98 Å². The molecule has 2 N–H and O–H groups in total. The topological polar surface area (TPSA) is 97.1 Å². The van der Waals surface area contributed by atoms with E-state index in [9.17, 15) is 9.59 Å². The van der Waals surface area contributed by atoms with Gasteiger partial charge in [-0.25, -0.2) is 4.98 Å². The Kier molecular flexibility index (Phi) is 3.53. The molecule has 0 saturated heterocycles. The highest BCUT2D eigenvalue weighted by atomic mass is 32.1. The third-order valence-electron chi connectivity index (χ3n) is 3.76. The molecule has 0 radical (unpaired) electrons. The molecule has 0 atom stereocenters. The molecular weight excluding hydrogens is 328 g/mol. The van der Waals surface area contributed by atoms with Crippen LogP contribution in [-0.2, 0) is 4.79 Å². The number of amides is 2. The molecule has 2 amide bonds. The van der Waals surface area contributed by atoms with Crippen LogP contribution in [0.5, 0.6) is 0 Å². The van der Waals surface area contributed by atoms with Gasteiger partial charge in [0.2, 0.25) is 5.91 Å². The Bertz CT molecular complexity index is 942. The van der Waals surface area contributed by atoms with Crippen molar-refractivity contribution in [2.45, 2.75) is 19.8 Å². The number of nitrogens with zero attached hydrogens (tertiary/aromatic N) is 2. The number of carbonyl (C=O) groups excluding carboxylic acids is 2. The highest BCUT2D eigenvalue weighted by Crippen LogP contribution is 2.30. The minimum Gasteiger partial charge on any atom is -0.431 e. The minimum atomic E-state index is -0.428. The van der Waals surface area contributed by atoms with E-state index in [-0.39, 0.29) is 23.5 Å². The van der Waals surface area contributed by atoms with Crippen molar-refractivity contribution in [3.63, 3.8) is 0 Å². The van der Waals surface area contributed by atoms with E-state index in [0.29, 0.717) is 5.13 Å². The van der Waals surface area contributed by atoms with Crippen molar-refractivity contribution in [3.05, 3.63) is 35.7 Å². The third kappa shape index (κ3) is 2.88.